The second-order valence-electron chi connectivity index (χ2n) is 9.69. The molecule has 1 heterocycles. The molecule has 4 aliphatic rings. The average molecular weight is 312 g/mol. The summed E-state index contributed by atoms with van der Waals surface area (Å²) >= 11 is 0. The van der Waals surface area contributed by atoms with Gasteiger partial charge >= 0.3 is 0 Å². The van der Waals surface area contributed by atoms with Crippen LogP contribution in [0.15, 0.2) is 30.3 Å². The van der Waals surface area contributed by atoms with Crippen molar-refractivity contribution in [1.29, 1.82) is 0 Å². The molecule has 1 aromatic rings. The Morgan fingerprint density at radius 3 is 2.43 bits per heavy atom. The van der Waals surface area contributed by atoms with Crippen molar-refractivity contribution in [2.45, 2.75) is 72.0 Å². The van der Waals surface area contributed by atoms with Gasteiger partial charge in [0.25, 0.3) is 0 Å². The summed E-state index contributed by atoms with van der Waals surface area (Å²) in [7, 11) is 0. The molecule has 1 aliphatic heterocycles. The highest BCUT2D eigenvalue weighted by Gasteiger charge is 2.71. The number of benzene rings is 1. The Balaban J connectivity index is 1.54. The molecule has 1 saturated heterocycles. The molecule has 3 saturated carbocycles. The smallest absolute Gasteiger partial charge is 0.0718 e. The standard InChI is InChI=1S/C22H32O/c1-15(11-16-9-7-6-8-10-16)18-14-21(4)19-12-17(20(19,2)3)13-22(21,5)23-18/h6-10,15,17-19H,11-14H2,1-5H3/t15?,17-,18?,19-,21+,22-/m0/s1. The van der Waals surface area contributed by atoms with E-state index in [9.17, 15) is 0 Å². The number of rotatable bonds is 3. The third-order valence-corrected chi connectivity index (χ3v) is 8.16. The van der Waals surface area contributed by atoms with Gasteiger partial charge in [-0.15, -0.1) is 0 Å². The number of hydrogen-bond donors (Lipinski definition) is 0. The second-order valence-corrected chi connectivity index (χ2v) is 9.69. The van der Waals surface area contributed by atoms with Crippen molar-refractivity contribution < 1.29 is 4.74 Å². The summed E-state index contributed by atoms with van der Waals surface area (Å²) in [4.78, 5) is 0. The van der Waals surface area contributed by atoms with Crippen molar-refractivity contribution in [2.24, 2.45) is 28.6 Å². The predicted octanol–water partition coefficient (Wildman–Crippen LogP) is 5.49. The lowest BCUT2D eigenvalue weighted by Gasteiger charge is -2.68. The van der Waals surface area contributed by atoms with E-state index in [1.54, 1.807) is 0 Å². The molecular formula is C22H32O. The van der Waals surface area contributed by atoms with Crippen LogP contribution in [-0.4, -0.2) is 11.7 Å². The molecule has 5 rings (SSSR count). The van der Waals surface area contributed by atoms with Gasteiger partial charge < -0.3 is 4.74 Å². The Morgan fingerprint density at radius 1 is 1.09 bits per heavy atom. The van der Waals surface area contributed by atoms with Crippen LogP contribution >= 0.6 is 0 Å². The summed E-state index contributed by atoms with van der Waals surface area (Å²) < 4.78 is 6.78. The van der Waals surface area contributed by atoms with Crippen LogP contribution in [0.25, 0.3) is 0 Å². The Labute approximate surface area is 141 Å². The lowest BCUT2D eigenvalue weighted by Crippen LogP contribution is -2.65. The first-order chi connectivity index (χ1) is 10.8. The third-order valence-electron chi connectivity index (χ3n) is 8.16. The first-order valence-electron chi connectivity index (χ1n) is 9.48. The van der Waals surface area contributed by atoms with Gasteiger partial charge in [0.1, 0.15) is 0 Å². The van der Waals surface area contributed by atoms with Crippen molar-refractivity contribution in [3.05, 3.63) is 35.9 Å². The summed E-state index contributed by atoms with van der Waals surface area (Å²) in [6.45, 7) is 12.3. The van der Waals surface area contributed by atoms with Crippen LogP contribution in [0.1, 0.15) is 59.4 Å². The maximum Gasteiger partial charge on any atom is 0.0718 e. The van der Waals surface area contributed by atoms with Crippen molar-refractivity contribution >= 4 is 0 Å². The molecule has 23 heavy (non-hydrogen) atoms. The maximum atomic E-state index is 6.78. The number of ether oxygens (including phenoxy) is 1. The fourth-order valence-corrected chi connectivity index (χ4v) is 6.28. The van der Waals surface area contributed by atoms with Crippen molar-refractivity contribution in [3.8, 4) is 0 Å². The highest BCUT2D eigenvalue weighted by Crippen LogP contribution is 2.73. The molecule has 0 aromatic heterocycles. The van der Waals surface area contributed by atoms with Gasteiger partial charge in [-0.05, 0) is 61.3 Å². The zero-order valence-corrected chi connectivity index (χ0v) is 15.4. The molecule has 0 amide bonds. The van der Waals surface area contributed by atoms with Gasteiger partial charge in [0, 0.05) is 5.41 Å². The van der Waals surface area contributed by atoms with Crippen LogP contribution in [0.5, 0.6) is 0 Å². The van der Waals surface area contributed by atoms with Crippen LogP contribution in [0.3, 0.4) is 0 Å². The van der Waals surface area contributed by atoms with Crippen molar-refractivity contribution in [2.75, 3.05) is 0 Å². The van der Waals surface area contributed by atoms with Gasteiger partial charge in [0.05, 0.1) is 11.7 Å². The molecule has 126 valence electrons. The summed E-state index contributed by atoms with van der Waals surface area (Å²) in [6, 6.07) is 10.9. The SMILES string of the molecule is CC(Cc1ccccc1)C1C[C@]2(C)[C@H]3C[C@@H](C[C@]2(C)O1)C3(C)C. The Bertz CT molecular complexity index is 591. The molecular weight excluding hydrogens is 280 g/mol. The summed E-state index contributed by atoms with van der Waals surface area (Å²) in [6.07, 6.45) is 5.50. The van der Waals surface area contributed by atoms with Gasteiger partial charge in [-0.2, -0.15) is 0 Å². The zero-order chi connectivity index (χ0) is 16.5. The molecule has 1 aromatic carbocycles. The minimum Gasteiger partial charge on any atom is -0.371 e. The molecule has 0 radical (unpaired) electrons. The van der Waals surface area contributed by atoms with Crippen LogP contribution in [0, 0.1) is 28.6 Å². The van der Waals surface area contributed by atoms with Gasteiger partial charge in [-0.3, -0.25) is 0 Å². The van der Waals surface area contributed by atoms with E-state index in [1.165, 1.54) is 24.8 Å². The fraction of sp³-hybridized carbons (Fsp3) is 0.727. The second kappa shape index (κ2) is 4.85. The molecule has 2 bridgehead atoms. The van der Waals surface area contributed by atoms with Crippen LogP contribution in [-0.2, 0) is 11.2 Å². The van der Waals surface area contributed by atoms with Crippen LogP contribution in [0.4, 0.5) is 0 Å². The Kier molecular flexibility index (Phi) is 3.31. The number of hydrogen-bond acceptors (Lipinski definition) is 1. The highest BCUT2D eigenvalue weighted by atomic mass is 16.5. The van der Waals surface area contributed by atoms with Crippen LogP contribution < -0.4 is 0 Å². The van der Waals surface area contributed by atoms with E-state index in [-0.39, 0.29) is 5.60 Å². The van der Waals surface area contributed by atoms with Gasteiger partial charge in [0.15, 0.2) is 0 Å². The normalized spacial score (nSPS) is 45.2. The lowest BCUT2D eigenvalue weighted by molar-refractivity contribution is -0.235. The predicted molar refractivity (Wildman–Crippen MR) is 95.3 cm³/mol. The molecule has 6 atom stereocenters. The average Bonchev–Trinajstić information content (AvgIpc) is 2.79. The topological polar surface area (TPSA) is 9.23 Å². The fourth-order valence-electron chi connectivity index (χ4n) is 6.28. The highest BCUT2D eigenvalue weighted by molar-refractivity contribution is 5.21. The van der Waals surface area contributed by atoms with E-state index in [0.29, 0.717) is 22.9 Å². The molecule has 1 nitrogen and oxygen atoms in total. The molecule has 3 aliphatic carbocycles. The molecule has 1 heteroatoms. The monoisotopic (exact) mass is 312 g/mol. The summed E-state index contributed by atoms with van der Waals surface area (Å²) in [5.41, 5.74) is 2.43. The molecule has 0 spiro atoms. The Morgan fingerprint density at radius 2 is 1.78 bits per heavy atom. The van der Waals surface area contributed by atoms with Crippen molar-refractivity contribution in [1.82, 2.24) is 0 Å². The molecule has 0 N–H and O–H groups in total. The van der Waals surface area contributed by atoms with E-state index in [2.05, 4.69) is 65.0 Å². The minimum atomic E-state index is 0.103. The maximum absolute atomic E-state index is 6.78. The van der Waals surface area contributed by atoms with E-state index in [0.717, 1.165) is 18.3 Å². The third kappa shape index (κ3) is 2.08. The quantitative estimate of drug-likeness (QED) is 0.717. The van der Waals surface area contributed by atoms with E-state index < -0.39 is 0 Å². The lowest BCUT2D eigenvalue weighted by atomic mass is 9.37. The van der Waals surface area contributed by atoms with E-state index >= 15 is 0 Å². The molecule has 2 unspecified atom stereocenters. The first-order valence-corrected chi connectivity index (χ1v) is 9.48. The van der Waals surface area contributed by atoms with Crippen molar-refractivity contribution in [3.63, 3.8) is 0 Å². The summed E-state index contributed by atoms with van der Waals surface area (Å²) in [5.74, 6) is 2.30. The first kappa shape index (κ1) is 15.7. The van der Waals surface area contributed by atoms with E-state index in [4.69, 9.17) is 4.74 Å². The molecule has 4 fully saturated rings. The summed E-state index contributed by atoms with van der Waals surface area (Å²) in [5, 5.41) is 0. The Hall–Kier alpha value is -0.820. The van der Waals surface area contributed by atoms with Gasteiger partial charge in [0.2, 0.25) is 0 Å². The van der Waals surface area contributed by atoms with Gasteiger partial charge in [-0.25, -0.2) is 0 Å². The zero-order valence-electron chi connectivity index (χ0n) is 15.4. The van der Waals surface area contributed by atoms with Crippen LogP contribution in [0.2, 0.25) is 0 Å². The minimum absolute atomic E-state index is 0.103. The van der Waals surface area contributed by atoms with Gasteiger partial charge in [-0.1, -0.05) is 58.0 Å². The largest absolute Gasteiger partial charge is 0.371 e. The van der Waals surface area contributed by atoms with E-state index in [1.807, 2.05) is 0 Å².